The average molecular weight is 422 g/mol. The van der Waals surface area contributed by atoms with E-state index in [4.69, 9.17) is 14.0 Å². The van der Waals surface area contributed by atoms with Gasteiger partial charge in [-0.05, 0) is 35.7 Å². The number of esters is 1. The Kier molecular flexibility index (Phi) is 7.43. The van der Waals surface area contributed by atoms with Gasteiger partial charge in [0.25, 0.3) is 0 Å². The second kappa shape index (κ2) is 10.4. The van der Waals surface area contributed by atoms with E-state index in [9.17, 15) is 9.59 Å². The van der Waals surface area contributed by atoms with Crippen LogP contribution in [0.3, 0.4) is 0 Å². The van der Waals surface area contributed by atoms with Crippen LogP contribution in [0.25, 0.3) is 11.3 Å². The molecule has 3 aromatic rings. The zero-order valence-corrected chi connectivity index (χ0v) is 17.8. The van der Waals surface area contributed by atoms with Crippen molar-refractivity contribution in [1.82, 2.24) is 10.5 Å². The Morgan fingerprint density at radius 2 is 1.77 bits per heavy atom. The Balaban J connectivity index is 1.56. The molecule has 0 aliphatic heterocycles. The number of rotatable bonds is 9. The molecule has 1 amide bonds. The monoisotopic (exact) mass is 422 g/mol. The predicted octanol–water partition coefficient (Wildman–Crippen LogP) is 3.78. The molecule has 2 aromatic carbocycles. The van der Waals surface area contributed by atoms with Crippen LogP contribution in [-0.4, -0.2) is 30.2 Å². The summed E-state index contributed by atoms with van der Waals surface area (Å²) in [4.78, 5) is 24.9. The molecule has 7 nitrogen and oxygen atoms in total. The highest BCUT2D eigenvalue weighted by Crippen LogP contribution is 2.22. The van der Waals surface area contributed by atoms with Crippen LogP contribution in [0.4, 0.5) is 0 Å². The molecule has 0 fully saturated rings. The molecule has 0 radical (unpaired) electrons. The van der Waals surface area contributed by atoms with Crippen LogP contribution < -0.4 is 10.1 Å². The molecule has 0 bridgehead atoms. The molecule has 0 unspecified atom stereocenters. The summed E-state index contributed by atoms with van der Waals surface area (Å²) >= 11 is 0. The van der Waals surface area contributed by atoms with Gasteiger partial charge in [0.2, 0.25) is 5.91 Å². The highest BCUT2D eigenvalue weighted by atomic mass is 16.6. The van der Waals surface area contributed by atoms with Gasteiger partial charge in [-0.15, -0.1) is 0 Å². The number of hydrogen-bond donors (Lipinski definition) is 1. The summed E-state index contributed by atoms with van der Waals surface area (Å²) < 4.78 is 15.8. The Labute approximate surface area is 181 Å². The van der Waals surface area contributed by atoms with Crippen molar-refractivity contribution in [2.45, 2.75) is 32.9 Å². The predicted molar refractivity (Wildman–Crippen MR) is 115 cm³/mol. The molecule has 1 heterocycles. The molecule has 0 aliphatic carbocycles. The van der Waals surface area contributed by atoms with E-state index in [2.05, 4.69) is 10.5 Å². The van der Waals surface area contributed by atoms with Crippen LogP contribution in [0.15, 0.2) is 65.2 Å². The molecule has 0 saturated carbocycles. The van der Waals surface area contributed by atoms with Crippen molar-refractivity contribution >= 4 is 11.9 Å². The van der Waals surface area contributed by atoms with Gasteiger partial charge in [0.15, 0.2) is 12.4 Å². The number of carbonyl (C=O) groups is 2. The fourth-order valence-electron chi connectivity index (χ4n) is 3.01. The van der Waals surface area contributed by atoms with Gasteiger partial charge < -0.3 is 19.3 Å². The van der Waals surface area contributed by atoms with Gasteiger partial charge in [-0.25, -0.2) is 4.79 Å². The third kappa shape index (κ3) is 6.18. The Bertz CT molecular complexity index is 996. The fourth-order valence-corrected chi connectivity index (χ4v) is 3.01. The van der Waals surface area contributed by atoms with E-state index in [0.29, 0.717) is 11.5 Å². The number of benzene rings is 2. The van der Waals surface area contributed by atoms with Gasteiger partial charge in [0.05, 0.1) is 13.5 Å². The van der Waals surface area contributed by atoms with E-state index in [0.717, 1.165) is 16.9 Å². The van der Waals surface area contributed by atoms with Crippen LogP contribution >= 0.6 is 0 Å². The number of amides is 1. The minimum Gasteiger partial charge on any atom is -0.497 e. The number of carbonyl (C=O) groups excluding carboxylic acids is 2. The van der Waals surface area contributed by atoms with E-state index >= 15 is 0 Å². The molecule has 3 rings (SSSR count). The minimum atomic E-state index is -0.750. The van der Waals surface area contributed by atoms with Crippen molar-refractivity contribution in [2.75, 3.05) is 7.11 Å². The molecule has 1 aromatic heterocycles. The zero-order valence-electron chi connectivity index (χ0n) is 17.8. The highest BCUT2D eigenvalue weighted by molar-refractivity contribution is 5.85. The van der Waals surface area contributed by atoms with Crippen molar-refractivity contribution in [3.8, 4) is 17.0 Å². The summed E-state index contributed by atoms with van der Waals surface area (Å²) in [5.41, 5.74) is 2.37. The van der Waals surface area contributed by atoms with Crippen LogP contribution in [-0.2, 0) is 27.4 Å². The van der Waals surface area contributed by atoms with Gasteiger partial charge in [0.1, 0.15) is 17.5 Å². The third-order valence-electron chi connectivity index (χ3n) is 4.75. The van der Waals surface area contributed by atoms with Gasteiger partial charge in [-0.2, -0.15) is 0 Å². The molecule has 1 N–H and O–H groups in total. The number of aromatic nitrogens is 1. The first kappa shape index (κ1) is 22.1. The Morgan fingerprint density at radius 1 is 1.06 bits per heavy atom. The van der Waals surface area contributed by atoms with Gasteiger partial charge >= 0.3 is 5.97 Å². The van der Waals surface area contributed by atoms with E-state index in [1.54, 1.807) is 13.2 Å². The first-order chi connectivity index (χ1) is 15.0. The zero-order chi connectivity index (χ0) is 22.2. The lowest BCUT2D eigenvalue weighted by Crippen LogP contribution is -2.45. The number of nitrogens with one attached hydrogen (secondary N) is 1. The van der Waals surface area contributed by atoms with Crippen molar-refractivity contribution < 1.29 is 23.6 Å². The van der Waals surface area contributed by atoms with Crippen LogP contribution in [0, 0.1) is 5.92 Å². The van der Waals surface area contributed by atoms with Gasteiger partial charge in [0, 0.05) is 11.6 Å². The first-order valence-electron chi connectivity index (χ1n) is 10.1. The van der Waals surface area contributed by atoms with Crippen molar-refractivity contribution in [3.05, 3.63) is 72.0 Å². The summed E-state index contributed by atoms with van der Waals surface area (Å²) in [7, 11) is 1.60. The molecule has 31 heavy (non-hydrogen) atoms. The van der Waals surface area contributed by atoms with Gasteiger partial charge in [-0.3, -0.25) is 4.79 Å². The lowest BCUT2D eigenvalue weighted by molar-refractivity contribution is -0.151. The topological polar surface area (TPSA) is 90.7 Å². The average Bonchev–Trinajstić information content (AvgIpc) is 3.25. The highest BCUT2D eigenvalue weighted by Gasteiger charge is 2.26. The number of ether oxygens (including phenoxy) is 2. The summed E-state index contributed by atoms with van der Waals surface area (Å²) in [6.07, 6.45) is 0.199. The Hall–Kier alpha value is -3.61. The van der Waals surface area contributed by atoms with Crippen molar-refractivity contribution in [2.24, 2.45) is 5.92 Å². The molecule has 1 atom stereocenters. The molecule has 162 valence electrons. The van der Waals surface area contributed by atoms with Crippen LogP contribution in [0.2, 0.25) is 0 Å². The van der Waals surface area contributed by atoms with Crippen LogP contribution in [0.1, 0.15) is 25.2 Å². The van der Waals surface area contributed by atoms with E-state index in [1.807, 2.05) is 68.4 Å². The maximum atomic E-state index is 12.6. The van der Waals surface area contributed by atoms with Crippen LogP contribution in [0.5, 0.6) is 5.75 Å². The molecule has 0 aliphatic rings. The number of hydrogen-bond acceptors (Lipinski definition) is 6. The number of nitrogens with zero attached hydrogens (tertiary/aromatic N) is 1. The smallest absolute Gasteiger partial charge is 0.329 e. The van der Waals surface area contributed by atoms with Crippen molar-refractivity contribution in [1.29, 1.82) is 0 Å². The first-order valence-corrected chi connectivity index (χ1v) is 10.1. The fraction of sp³-hybridized carbons (Fsp3) is 0.292. The molecule has 0 spiro atoms. The van der Waals surface area contributed by atoms with Crippen molar-refractivity contribution in [3.63, 3.8) is 0 Å². The van der Waals surface area contributed by atoms with E-state index in [-0.39, 0.29) is 24.9 Å². The largest absolute Gasteiger partial charge is 0.497 e. The Morgan fingerprint density at radius 3 is 2.42 bits per heavy atom. The second-order valence-electron chi connectivity index (χ2n) is 7.47. The summed E-state index contributed by atoms with van der Waals surface area (Å²) in [6, 6.07) is 17.7. The maximum absolute atomic E-state index is 12.6. The molecular weight excluding hydrogens is 396 g/mol. The summed E-state index contributed by atoms with van der Waals surface area (Å²) in [5, 5.41) is 6.79. The normalized spacial score (nSPS) is 11.7. The summed E-state index contributed by atoms with van der Waals surface area (Å²) in [5.74, 6) is 0.284. The van der Waals surface area contributed by atoms with Gasteiger partial charge in [-0.1, -0.05) is 49.3 Å². The third-order valence-corrected chi connectivity index (χ3v) is 4.75. The summed E-state index contributed by atoms with van der Waals surface area (Å²) in [6.45, 7) is 3.63. The van der Waals surface area contributed by atoms with E-state index < -0.39 is 12.0 Å². The minimum absolute atomic E-state index is 0.0697. The lowest BCUT2D eigenvalue weighted by Gasteiger charge is -2.20. The molecular formula is C24H26N2O5. The standard InChI is InChI=1S/C24H26N2O5/c1-16(2)23(25-22(27)13-17-7-5-4-6-8-17)24(28)30-15-20-14-21(26-31-20)18-9-11-19(29-3)12-10-18/h4-12,14,16,23H,13,15H2,1-3H3,(H,25,27)/t23-/m0/s1. The quantitative estimate of drug-likeness (QED) is 0.528. The second-order valence-corrected chi connectivity index (χ2v) is 7.47. The van der Waals surface area contributed by atoms with E-state index in [1.165, 1.54) is 0 Å². The molecule has 0 saturated heterocycles. The molecule has 7 heteroatoms. The lowest BCUT2D eigenvalue weighted by atomic mass is 10.0. The SMILES string of the molecule is COc1ccc(-c2cc(COC(=O)[C@@H](NC(=O)Cc3ccccc3)C(C)C)on2)cc1. The number of methoxy groups -OCH3 is 1. The maximum Gasteiger partial charge on any atom is 0.329 e.